The van der Waals surface area contributed by atoms with Crippen molar-refractivity contribution in [1.82, 2.24) is 5.32 Å². The van der Waals surface area contributed by atoms with E-state index in [-0.39, 0.29) is 6.04 Å². The summed E-state index contributed by atoms with van der Waals surface area (Å²) in [6.45, 7) is 6.66. The molecule has 0 spiro atoms. The SMILES string of the molecule is C=CCC(NCC)c1ccc(Cl)o1. The number of furan rings is 1. The van der Waals surface area contributed by atoms with E-state index in [1.807, 2.05) is 12.1 Å². The van der Waals surface area contributed by atoms with Gasteiger partial charge in [-0.05, 0) is 36.7 Å². The van der Waals surface area contributed by atoms with E-state index in [0.717, 1.165) is 18.7 Å². The Kier molecular flexibility index (Phi) is 4.06. The summed E-state index contributed by atoms with van der Waals surface area (Å²) in [5, 5.41) is 3.72. The lowest BCUT2D eigenvalue weighted by molar-refractivity contribution is 0.421. The molecule has 1 rings (SSSR count). The van der Waals surface area contributed by atoms with Crippen molar-refractivity contribution in [3.05, 3.63) is 35.8 Å². The molecule has 1 unspecified atom stereocenters. The fraction of sp³-hybridized carbons (Fsp3) is 0.400. The van der Waals surface area contributed by atoms with Crippen LogP contribution in [0.25, 0.3) is 0 Å². The van der Waals surface area contributed by atoms with Gasteiger partial charge < -0.3 is 9.73 Å². The monoisotopic (exact) mass is 199 g/mol. The molecule has 0 aliphatic heterocycles. The van der Waals surface area contributed by atoms with E-state index in [4.69, 9.17) is 16.0 Å². The van der Waals surface area contributed by atoms with Gasteiger partial charge in [0.05, 0.1) is 6.04 Å². The quantitative estimate of drug-likeness (QED) is 0.737. The van der Waals surface area contributed by atoms with Gasteiger partial charge in [0, 0.05) is 0 Å². The highest BCUT2D eigenvalue weighted by atomic mass is 35.5. The molecule has 0 radical (unpaired) electrons. The van der Waals surface area contributed by atoms with E-state index in [2.05, 4.69) is 18.8 Å². The number of nitrogens with one attached hydrogen (secondary N) is 1. The summed E-state index contributed by atoms with van der Waals surface area (Å²) >= 11 is 5.68. The highest BCUT2D eigenvalue weighted by Gasteiger charge is 2.11. The highest BCUT2D eigenvalue weighted by Crippen LogP contribution is 2.22. The van der Waals surface area contributed by atoms with Crippen molar-refractivity contribution >= 4 is 11.6 Å². The second-order valence-electron chi connectivity index (χ2n) is 2.78. The van der Waals surface area contributed by atoms with Gasteiger partial charge in [-0.25, -0.2) is 0 Å². The zero-order valence-corrected chi connectivity index (χ0v) is 8.47. The Hall–Kier alpha value is -0.730. The Balaban J connectivity index is 2.68. The first-order valence-corrected chi connectivity index (χ1v) is 4.75. The number of rotatable bonds is 5. The largest absolute Gasteiger partial charge is 0.448 e. The van der Waals surface area contributed by atoms with Crippen molar-refractivity contribution in [1.29, 1.82) is 0 Å². The molecule has 0 bridgehead atoms. The smallest absolute Gasteiger partial charge is 0.193 e. The van der Waals surface area contributed by atoms with Crippen LogP contribution in [0.15, 0.2) is 29.2 Å². The third kappa shape index (κ3) is 2.90. The second kappa shape index (κ2) is 5.10. The molecular formula is C10H14ClNO. The van der Waals surface area contributed by atoms with Crippen LogP contribution < -0.4 is 5.32 Å². The Morgan fingerprint density at radius 1 is 1.69 bits per heavy atom. The van der Waals surface area contributed by atoms with Crippen LogP contribution in [0.3, 0.4) is 0 Å². The van der Waals surface area contributed by atoms with Gasteiger partial charge in [0.1, 0.15) is 5.76 Å². The van der Waals surface area contributed by atoms with Crippen LogP contribution in [0, 0.1) is 0 Å². The van der Waals surface area contributed by atoms with Gasteiger partial charge in [-0.3, -0.25) is 0 Å². The van der Waals surface area contributed by atoms with Crippen LogP contribution >= 0.6 is 11.6 Å². The molecule has 2 nitrogen and oxygen atoms in total. The summed E-state index contributed by atoms with van der Waals surface area (Å²) in [6, 6.07) is 3.83. The maximum Gasteiger partial charge on any atom is 0.193 e. The minimum Gasteiger partial charge on any atom is -0.448 e. The van der Waals surface area contributed by atoms with Crippen molar-refractivity contribution in [2.45, 2.75) is 19.4 Å². The molecule has 13 heavy (non-hydrogen) atoms. The predicted molar refractivity (Wildman–Crippen MR) is 54.9 cm³/mol. The molecular weight excluding hydrogens is 186 g/mol. The summed E-state index contributed by atoms with van der Waals surface area (Å²) in [4.78, 5) is 0. The minimum absolute atomic E-state index is 0.190. The number of halogens is 1. The van der Waals surface area contributed by atoms with Crippen LogP contribution in [0.4, 0.5) is 0 Å². The normalized spacial score (nSPS) is 12.8. The standard InChI is InChI=1S/C10H14ClNO/c1-3-5-8(12-4-2)9-6-7-10(11)13-9/h3,6-8,12H,1,4-5H2,2H3. The third-order valence-electron chi connectivity index (χ3n) is 1.79. The Bertz CT molecular complexity index is 270. The minimum atomic E-state index is 0.190. The lowest BCUT2D eigenvalue weighted by atomic mass is 10.1. The highest BCUT2D eigenvalue weighted by molar-refractivity contribution is 6.28. The second-order valence-corrected chi connectivity index (χ2v) is 3.15. The Labute approximate surface area is 83.6 Å². The summed E-state index contributed by atoms with van der Waals surface area (Å²) in [6.07, 6.45) is 2.71. The van der Waals surface area contributed by atoms with Gasteiger partial charge in [0.15, 0.2) is 5.22 Å². The van der Waals surface area contributed by atoms with Crippen molar-refractivity contribution < 1.29 is 4.42 Å². The third-order valence-corrected chi connectivity index (χ3v) is 1.99. The molecule has 0 saturated carbocycles. The zero-order chi connectivity index (χ0) is 9.68. The maximum absolute atomic E-state index is 5.68. The molecule has 0 aliphatic rings. The molecule has 0 saturated heterocycles. The molecule has 1 atom stereocenters. The fourth-order valence-electron chi connectivity index (χ4n) is 1.23. The van der Waals surface area contributed by atoms with Gasteiger partial charge in [-0.2, -0.15) is 0 Å². The van der Waals surface area contributed by atoms with Crippen molar-refractivity contribution in [2.24, 2.45) is 0 Å². The first-order chi connectivity index (χ1) is 6.27. The van der Waals surface area contributed by atoms with E-state index in [1.165, 1.54) is 0 Å². The van der Waals surface area contributed by atoms with E-state index < -0.39 is 0 Å². The molecule has 1 aromatic heterocycles. The van der Waals surface area contributed by atoms with Crippen LogP contribution in [-0.2, 0) is 0 Å². The van der Waals surface area contributed by atoms with Gasteiger partial charge in [-0.1, -0.05) is 13.0 Å². The van der Waals surface area contributed by atoms with Crippen LogP contribution in [0.1, 0.15) is 25.1 Å². The lowest BCUT2D eigenvalue weighted by Crippen LogP contribution is -2.19. The van der Waals surface area contributed by atoms with Gasteiger partial charge in [0.2, 0.25) is 0 Å². The van der Waals surface area contributed by atoms with Gasteiger partial charge >= 0.3 is 0 Å². The van der Waals surface area contributed by atoms with Crippen molar-refractivity contribution in [3.8, 4) is 0 Å². The molecule has 0 aliphatic carbocycles. The van der Waals surface area contributed by atoms with Crippen LogP contribution in [0.2, 0.25) is 5.22 Å². The lowest BCUT2D eigenvalue weighted by Gasteiger charge is -2.12. The molecule has 1 aromatic rings. The molecule has 0 fully saturated rings. The van der Waals surface area contributed by atoms with Crippen molar-refractivity contribution in [2.75, 3.05) is 6.54 Å². The summed E-state index contributed by atoms with van der Waals surface area (Å²) in [5.74, 6) is 0.867. The maximum atomic E-state index is 5.68. The Morgan fingerprint density at radius 3 is 2.92 bits per heavy atom. The van der Waals surface area contributed by atoms with Crippen LogP contribution in [0.5, 0.6) is 0 Å². The average molecular weight is 200 g/mol. The van der Waals surface area contributed by atoms with Crippen molar-refractivity contribution in [3.63, 3.8) is 0 Å². The van der Waals surface area contributed by atoms with Crippen LogP contribution in [-0.4, -0.2) is 6.54 Å². The van der Waals surface area contributed by atoms with E-state index in [0.29, 0.717) is 5.22 Å². The molecule has 3 heteroatoms. The van der Waals surface area contributed by atoms with Gasteiger partial charge in [-0.15, -0.1) is 6.58 Å². The first kappa shape index (κ1) is 10.4. The number of hydrogen-bond donors (Lipinski definition) is 1. The Morgan fingerprint density at radius 2 is 2.46 bits per heavy atom. The fourth-order valence-corrected chi connectivity index (χ4v) is 1.38. The topological polar surface area (TPSA) is 25.2 Å². The molecule has 72 valence electrons. The van der Waals surface area contributed by atoms with E-state index >= 15 is 0 Å². The van der Waals surface area contributed by atoms with Gasteiger partial charge in [0.25, 0.3) is 0 Å². The molecule has 0 aromatic carbocycles. The molecule has 0 amide bonds. The summed E-state index contributed by atoms with van der Waals surface area (Å²) < 4.78 is 5.31. The van der Waals surface area contributed by atoms with E-state index in [1.54, 1.807) is 6.07 Å². The molecule has 1 N–H and O–H groups in total. The average Bonchev–Trinajstić information content (AvgIpc) is 2.51. The molecule has 1 heterocycles. The first-order valence-electron chi connectivity index (χ1n) is 4.37. The number of hydrogen-bond acceptors (Lipinski definition) is 2. The zero-order valence-electron chi connectivity index (χ0n) is 7.72. The summed E-state index contributed by atoms with van der Waals surface area (Å²) in [5.41, 5.74) is 0. The predicted octanol–water partition coefficient (Wildman–Crippen LogP) is 3.16. The summed E-state index contributed by atoms with van der Waals surface area (Å²) in [7, 11) is 0. The van der Waals surface area contributed by atoms with E-state index in [9.17, 15) is 0 Å².